The molecule has 4 heteroatoms. The lowest BCUT2D eigenvalue weighted by molar-refractivity contribution is -0.150. The minimum atomic E-state index is -0.792. The first kappa shape index (κ1) is 14.5. The fraction of sp³-hybridized carbons (Fsp3) is 0.571. The van der Waals surface area contributed by atoms with Gasteiger partial charge in [-0.15, -0.1) is 0 Å². The smallest absolute Gasteiger partial charge is 0.311 e. The van der Waals surface area contributed by atoms with Gasteiger partial charge in [-0.05, 0) is 19.8 Å². The Morgan fingerprint density at radius 1 is 1.22 bits per heavy atom. The Hall–Kier alpha value is -1.58. The maximum absolute atomic E-state index is 11.5. The van der Waals surface area contributed by atoms with E-state index < -0.39 is 11.4 Å². The second kappa shape index (κ2) is 6.99. The Labute approximate surface area is 108 Å². The molecule has 0 atom stereocenters. The minimum Gasteiger partial charge on any atom is -0.481 e. The van der Waals surface area contributed by atoms with Gasteiger partial charge in [0.05, 0.1) is 5.41 Å². The molecule has 0 aliphatic heterocycles. The SMILES string of the molecule is CC=CC=CC(=O)NCC1(C(=O)O)CCCCC1. The van der Waals surface area contributed by atoms with Crippen LogP contribution in [0.4, 0.5) is 0 Å². The van der Waals surface area contributed by atoms with Crippen LogP contribution in [0.1, 0.15) is 39.0 Å². The van der Waals surface area contributed by atoms with Gasteiger partial charge in [-0.2, -0.15) is 0 Å². The predicted molar refractivity (Wildman–Crippen MR) is 70.1 cm³/mol. The highest BCUT2D eigenvalue weighted by molar-refractivity contribution is 5.88. The first-order chi connectivity index (χ1) is 8.60. The Bertz CT molecular complexity index is 352. The van der Waals surface area contributed by atoms with E-state index in [1.54, 1.807) is 12.2 Å². The quantitative estimate of drug-likeness (QED) is 0.582. The molecule has 0 aromatic heterocycles. The first-order valence-corrected chi connectivity index (χ1v) is 6.41. The molecule has 1 aliphatic rings. The number of hydrogen-bond donors (Lipinski definition) is 2. The van der Waals surface area contributed by atoms with Gasteiger partial charge in [0.1, 0.15) is 0 Å². The van der Waals surface area contributed by atoms with Crippen molar-refractivity contribution in [2.24, 2.45) is 5.41 Å². The van der Waals surface area contributed by atoms with Crippen molar-refractivity contribution in [2.75, 3.05) is 6.54 Å². The van der Waals surface area contributed by atoms with Gasteiger partial charge in [-0.3, -0.25) is 9.59 Å². The maximum atomic E-state index is 11.5. The molecule has 18 heavy (non-hydrogen) atoms. The Balaban J connectivity index is 2.52. The average Bonchev–Trinajstić information content (AvgIpc) is 2.37. The molecule has 4 nitrogen and oxygen atoms in total. The fourth-order valence-corrected chi connectivity index (χ4v) is 2.26. The van der Waals surface area contributed by atoms with Crippen LogP contribution in [-0.4, -0.2) is 23.5 Å². The molecular weight excluding hydrogens is 230 g/mol. The van der Waals surface area contributed by atoms with Crippen LogP contribution >= 0.6 is 0 Å². The van der Waals surface area contributed by atoms with Crippen molar-refractivity contribution in [3.05, 3.63) is 24.3 Å². The van der Waals surface area contributed by atoms with E-state index in [9.17, 15) is 14.7 Å². The van der Waals surface area contributed by atoms with E-state index in [0.717, 1.165) is 19.3 Å². The number of nitrogens with one attached hydrogen (secondary N) is 1. The number of carbonyl (C=O) groups excluding carboxylic acids is 1. The monoisotopic (exact) mass is 251 g/mol. The molecule has 1 aliphatic carbocycles. The van der Waals surface area contributed by atoms with Gasteiger partial charge in [-0.1, -0.05) is 37.5 Å². The number of rotatable bonds is 5. The summed E-state index contributed by atoms with van der Waals surface area (Å²) in [6, 6.07) is 0. The zero-order valence-corrected chi connectivity index (χ0v) is 10.8. The van der Waals surface area contributed by atoms with Gasteiger partial charge in [0.2, 0.25) is 5.91 Å². The molecule has 0 aromatic rings. The number of aliphatic carboxylic acids is 1. The third-order valence-corrected chi connectivity index (χ3v) is 3.42. The van der Waals surface area contributed by atoms with Gasteiger partial charge >= 0.3 is 5.97 Å². The second-order valence-corrected chi connectivity index (χ2v) is 4.75. The topological polar surface area (TPSA) is 66.4 Å². The molecule has 0 bridgehead atoms. The summed E-state index contributed by atoms with van der Waals surface area (Å²) in [7, 11) is 0. The van der Waals surface area contributed by atoms with Crippen LogP contribution in [0, 0.1) is 5.41 Å². The number of hydrogen-bond acceptors (Lipinski definition) is 2. The molecule has 1 amide bonds. The predicted octanol–water partition coefficient (Wildman–Crippen LogP) is 2.27. The number of carboxylic acid groups (broad SMARTS) is 1. The van der Waals surface area contributed by atoms with Gasteiger partial charge in [0.25, 0.3) is 0 Å². The van der Waals surface area contributed by atoms with E-state index >= 15 is 0 Å². The second-order valence-electron chi connectivity index (χ2n) is 4.75. The molecular formula is C14H21NO3. The van der Waals surface area contributed by atoms with Gasteiger partial charge in [0, 0.05) is 12.6 Å². The van der Waals surface area contributed by atoms with Gasteiger partial charge in [0.15, 0.2) is 0 Å². The van der Waals surface area contributed by atoms with Crippen molar-refractivity contribution >= 4 is 11.9 Å². The van der Waals surface area contributed by atoms with Crippen LogP contribution in [-0.2, 0) is 9.59 Å². The van der Waals surface area contributed by atoms with E-state index in [-0.39, 0.29) is 12.5 Å². The van der Waals surface area contributed by atoms with Crippen molar-refractivity contribution in [3.8, 4) is 0 Å². The maximum Gasteiger partial charge on any atom is 0.311 e. The van der Waals surface area contributed by atoms with E-state index in [2.05, 4.69) is 5.32 Å². The molecule has 0 aromatic carbocycles. The molecule has 0 saturated heterocycles. The summed E-state index contributed by atoms with van der Waals surface area (Å²) in [5.41, 5.74) is -0.762. The summed E-state index contributed by atoms with van der Waals surface area (Å²) >= 11 is 0. The molecule has 0 radical (unpaired) electrons. The van der Waals surface area contributed by atoms with E-state index in [1.807, 2.05) is 13.0 Å². The lowest BCUT2D eigenvalue weighted by Gasteiger charge is -2.33. The number of carbonyl (C=O) groups is 2. The van der Waals surface area contributed by atoms with Crippen LogP contribution in [0.2, 0.25) is 0 Å². The summed E-state index contributed by atoms with van der Waals surface area (Å²) in [6.07, 6.45) is 10.9. The largest absolute Gasteiger partial charge is 0.481 e. The third kappa shape index (κ3) is 4.02. The van der Waals surface area contributed by atoms with Crippen LogP contribution in [0.15, 0.2) is 24.3 Å². The summed E-state index contributed by atoms with van der Waals surface area (Å²) in [5.74, 6) is -1.03. The standard InChI is InChI=1S/C14H21NO3/c1-2-3-5-8-12(16)15-11-14(13(17)18)9-6-4-7-10-14/h2-3,5,8H,4,6-7,9-11H2,1H3,(H,15,16)(H,17,18). The summed E-state index contributed by atoms with van der Waals surface area (Å²) < 4.78 is 0. The lowest BCUT2D eigenvalue weighted by atomic mass is 9.74. The molecule has 0 heterocycles. The van der Waals surface area contributed by atoms with Crippen molar-refractivity contribution in [3.63, 3.8) is 0 Å². The molecule has 1 saturated carbocycles. The summed E-state index contributed by atoms with van der Waals surface area (Å²) in [5, 5.41) is 12.0. The summed E-state index contributed by atoms with van der Waals surface area (Å²) in [6.45, 7) is 2.09. The summed E-state index contributed by atoms with van der Waals surface area (Å²) in [4.78, 5) is 22.9. The van der Waals surface area contributed by atoms with Gasteiger partial charge < -0.3 is 10.4 Å². The van der Waals surface area contributed by atoms with Crippen LogP contribution in [0.5, 0.6) is 0 Å². The fourth-order valence-electron chi connectivity index (χ4n) is 2.26. The lowest BCUT2D eigenvalue weighted by Crippen LogP contribution is -2.44. The molecule has 1 fully saturated rings. The zero-order chi connectivity index (χ0) is 13.4. The van der Waals surface area contributed by atoms with Crippen LogP contribution in [0.25, 0.3) is 0 Å². The third-order valence-electron chi connectivity index (χ3n) is 3.42. The zero-order valence-electron chi connectivity index (χ0n) is 10.8. The highest BCUT2D eigenvalue weighted by atomic mass is 16.4. The van der Waals surface area contributed by atoms with Crippen molar-refractivity contribution in [2.45, 2.75) is 39.0 Å². The van der Waals surface area contributed by atoms with Gasteiger partial charge in [-0.25, -0.2) is 0 Å². The number of allylic oxidation sites excluding steroid dienone is 3. The Morgan fingerprint density at radius 2 is 1.89 bits per heavy atom. The average molecular weight is 251 g/mol. The highest BCUT2D eigenvalue weighted by Crippen LogP contribution is 2.35. The molecule has 100 valence electrons. The van der Waals surface area contributed by atoms with Crippen molar-refractivity contribution in [1.82, 2.24) is 5.32 Å². The Kier molecular flexibility index (Phi) is 5.62. The number of amides is 1. The van der Waals surface area contributed by atoms with Crippen molar-refractivity contribution in [1.29, 1.82) is 0 Å². The van der Waals surface area contributed by atoms with E-state index in [4.69, 9.17) is 0 Å². The molecule has 0 unspecified atom stereocenters. The first-order valence-electron chi connectivity index (χ1n) is 6.41. The van der Waals surface area contributed by atoms with E-state index in [1.165, 1.54) is 6.08 Å². The molecule has 0 spiro atoms. The highest BCUT2D eigenvalue weighted by Gasteiger charge is 2.39. The minimum absolute atomic E-state index is 0.224. The normalized spacial score (nSPS) is 19.2. The molecule has 1 rings (SSSR count). The van der Waals surface area contributed by atoms with E-state index in [0.29, 0.717) is 12.8 Å². The Morgan fingerprint density at radius 3 is 2.44 bits per heavy atom. The number of carboxylic acids is 1. The van der Waals surface area contributed by atoms with Crippen molar-refractivity contribution < 1.29 is 14.7 Å². The molecule has 2 N–H and O–H groups in total. The van der Waals surface area contributed by atoms with Crippen LogP contribution in [0.3, 0.4) is 0 Å². The van der Waals surface area contributed by atoms with Crippen LogP contribution < -0.4 is 5.32 Å².